The molecule has 1 fully saturated rings. The number of ether oxygens (including phenoxy) is 2. The smallest absolute Gasteiger partial charge is 0.141 e. The Morgan fingerprint density at radius 1 is 0.967 bits per heavy atom. The molecule has 0 aliphatic carbocycles. The van der Waals surface area contributed by atoms with Crippen molar-refractivity contribution in [1.29, 1.82) is 0 Å². The number of imidazole rings is 1. The molecule has 1 aliphatic heterocycles. The maximum atomic E-state index is 6.07. The monoisotopic (exact) mass is 406 g/mol. The second-order valence-corrected chi connectivity index (χ2v) is 7.82. The lowest BCUT2D eigenvalue weighted by Gasteiger charge is -2.16. The van der Waals surface area contributed by atoms with Crippen molar-refractivity contribution in [2.24, 2.45) is 0 Å². The van der Waals surface area contributed by atoms with Crippen LogP contribution in [0.3, 0.4) is 0 Å². The minimum Gasteiger partial charge on any atom is -0.491 e. The number of aromatic nitrogens is 2. The first-order chi connectivity index (χ1) is 14.7. The van der Waals surface area contributed by atoms with E-state index >= 15 is 0 Å². The average molecular weight is 407 g/mol. The van der Waals surface area contributed by atoms with Gasteiger partial charge in [0.2, 0.25) is 0 Å². The van der Waals surface area contributed by atoms with E-state index in [4.69, 9.17) is 15.2 Å². The van der Waals surface area contributed by atoms with Crippen molar-refractivity contribution in [2.75, 3.05) is 39.1 Å². The van der Waals surface area contributed by atoms with Crippen LogP contribution in [0.4, 0.5) is 5.82 Å². The van der Waals surface area contributed by atoms with Crippen LogP contribution in [0.2, 0.25) is 0 Å². The number of nitrogen functional groups attached to an aromatic ring is 1. The lowest BCUT2D eigenvalue weighted by molar-refractivity contribution is 0.146. The molecule has 0 amide bonds. The quantitative estimate of drug-likeness (QED) is 0.548. The zero-order valence-electron chi connectivity index (χ0n) is 17.6. The molecular weight excluding hydrogens is 376 g/mol. The van der Waals surface area contributed by atoms with E-state index in [1.54, 1.807) is 13.4 Å². The van der Waals surface area contributed by atoms with E-state index in [0.29, 0.717) is 25.6 Å². The molecule has 6 nitrogen and oxygen atoms in total. The topological polar surface area (TPSA) is 65.5 Å². The number of nitrogens with zero attached hydrogens (tertiary/aromatic N) is 3. The van der Waals surface area contributed by atoms with Gasteiger partial charge in [-0.2, -0.15) is 0 Å². The van der Waals surface area contributed by atoms with E-state index in [0.717, 1.165) is 29.0 Å². The Morgan fingerprint density at radius 3 is 2.43 bits per heavy atom. The van der Waals surface area contributed by atoms with E-state index in [2.05, 4.69) is 52.3 Å². The zero-order chi connectivity index (χ0) is 20.8. The van der Waals surface area contributed by atoms with Crippen LogP contribution in [0.1, 0.15) is 24.0 Å². The molecule has 0 bridgehead atoms. The fraction of sp³-hybridized carbons (Fsp3) is 0.375. The van der Waals surface area contributed by atoms with Gasteiger partial charge < -0.3 is 19.8 Å². The van der Waals surface area contributed by atoms with Crippen molar-refractivity contribution in [3.63, 3.8) is 0 Å². The molecular formula is C24H30N4O2. The highest BCUT2D eigenvalue weighted by molar-refractivity contribution is 5.71. The molecule has 0 radical (unpaired) electrons. The fourth-order valence-electron chi connectivity index (χ4n) is 3.92. The second kappa shape index (κ2) is 9.78. The predicted octanol–water partition coefficient (Wildman–Crippen LogP) is 3.80. The maximum Gasteiger partial charge on any atom is 0.141 e. The number of benzene rings is 2. The first-order valence-electron chi connectivity index (χ1n) is 10.5. The highest BCUT2D eigenvalue weighted by Crippen LogP contribution is 2.32. The first kappa shape index (κ1) is 20.4. The van der Waals surface area contributed by atoms with E-state index in [1.807, 2.05) is 10.8 Å². The van der Waals surface area contributed by atoms with Gasteiger partial charge in [0.25, 0.3) is 0 Å². The maximum absolute atomic E-state index is 6.07. The van der Waals surface area contributed by atoms with Gasteiger partial charge in [-0.15, -0.1) is 0 Å². The van der Waals surface area contributed by atoms with Crippen LogP contribution >= 0.6 is 0 Å². The van der Waals surface area contributed by atoms with E-state index < -0.39 is 0 Å². The molecule has 158 valence electrons. The van der Waals surface area contributed by atoms with Gasteiger partial charge in [0.15, 0.2) is 0 Å². The molecule has 1 aromatic heterocycles. The van der Waals surface area contributed by atoms with Crippen LogP contribution in [0.5, 0.6) is 5.75 Å². The van der Waals surface area contributed by atoms with Crippen molar-refractivity contribution in [3.05, 3.63) is 66.1 Å². The average Bonchev–Trinajstić information content (AvgIpc) is 3.41. The Morgan fingerprint density at radius 2 is 1.73 bits per heavy atom. The van der Waals surface area contributed by atoms with E-state index in [9.17, 15) is 0 Å². The highest BCUT2D eigenvalue weighted by Gasteiger charge is 2.13. The van der Waals surface area contributed by atoms with Crippen LogP contribution in [-0.4, -0.2) is 47.9 Å². The number of anilines is 1. The summed E-state index contributed by atoms with van der Waals surface area (Å²) >= 11 is 0. The van der Waals surface area contributed by atoms with Crippen molar-refractivity contribution in [1.82, 2.24) is 14.5 Å². The molecule has 2 aromatic carbocycles. The summed E-state index contributed by atoms with van der Waals surface area (Å²) in [6.45, 7) is 5.21. The minimum absolute atomic E-state index is 0.512. The summed E-state index contributed by atoms with van der Waals surface area (Å²) < 4.78 is 13.2. The van der Waals surface area contributed by atoms with E-state index in [-0.39, 0.29) is 0 Å². The van der Waals surface area contributed by atoms with Gasteiger partial charge in [0.1, 0.15) is 18.2 Å². The Labute approximate surface area is 178 Å². The van der Waals surface area contributed by atoms with Gasteiger partial charge in [0.05, 0.1) is 12.9 Å². The Hall–Kier alpha value is -2.83. The van der Waals surface area contributed by atoms with Gasteiger partial charge in [-0.05, 0) is 48.7 Å². The van der Waals surface area contributed by atoms with Crippen molar-refractivity contribution in [2.45, 2.75) is 25.9 Å². The van der Waals surface area contributed by atoms with Crippen molar-refractivity contribution < 1.29 is 9.47 Å². The number of methoxy groups -OCH3 is 1. The standard InChI is InChI=1S/C24H30N4O2/c1-29-12-13-30-23-14-20(16-28-17-24(25)26-18-28)6-9-22(23)21-7-4-19(5-8-21)15-27-10-2-3-11-27/h4-9,14,17-18H,2-3,10-13,15-16,25H2,1H3. The molecule has 2 N–H and O–H groups in total. The molecule has 3 aromatic rings. The summed E-state index contributed by atoms with van der Waals surface area (Å²) in [5, 5.41) is 0. The largest absolute Gasteiger partial charge is 0.491 e. The molecule has 6 heteroatoms. The lowest BCUT2D eigenvalue weighted by atomic mass is 10.0. The van der Waals surface area contributed by atoms with Crippen LogP contribution in [-0.2, 0) is 17.8 Å². The van der Waals surface area contributed by atoms with Crippen LogP contribution < -0.4 is 10.5 Å². The molecule has 0 saturated carbocycles. The predicted molar refractivity (Wildman–Crippen MR) is 120 cm³/mol. The fourth-order valence-corrected chi connectivity index (χ4v) is 3.92. The summed E-state index contributed by atoms with van der Waals surface area (Å²) in [6.07, 6.45) is 6.21. The lowest BCUT2D eigenvalue weighted by Crippen LogP contribution is -2.18. The number of nitrogens with two attached hydrogens (primary N) is 1. The third-order valence-corrected chi connectivity index (χ3v) is 5.48. The molecule has 1 saturated heterocycles. The van der Waals surface area contributed by atoms with Crippen LogP contribution in [0.15, 0.2) is 55.0 Å². The van der Waals surface area contributed by atoms with Gasteiger partial charge in [-0.25, -0.2) is 4.98 Å². The number of rotatable bonds is 9. The van der Waals surface area contributed by atoms with E-state index in [1.165, 1.54) is 31.5 Å². The summed E-state index contributed by atoms with van der Waals surface area (Å²) in [4.78, 5) is 6.62. The van der Waals surface area contributed by atoms with Crippen molar-refractivity contribution >= 4 is 5.82 Å². The zero-order valence-corrected chi connectivity index (χ0v) is 17.6. The molecule has 0 atom stereocenters. The molecule has 4 rings (SSSR count). The van der Waals surface area contributed by atoms with Crippen LogP contribution in [0, 0.1) is 0 Å². The van der Waals surface area contributed by atoms with Crippen LogP contribution in [0.25, 0.3) is 11.1 Å². The summed E-state index contributed by atoms with van der Waals surface area (Å²) in [6, 6.07) is 15.2. The SMILES string of the molecule is COCCOc1cc(Cn2cnc(N)c2)ccc1-c1ccc(CN2CCCC2)cc1. The number of hydrogen-bond acceptors (Lipinski definition) is 5. The van der Waals surface area contributed by atoms with Crippen molar-refractivity contribution in [3.8, 4) is 16.9 Å². The minimum atomic E-state index is 0.512. The molecule has 30 heavy (non-hydrogen) atoms. The Balaban J connectivity index is 1.53. The van der Waals surface area contributed by atoms with Gasteiger partial charge in [-0.3, -0.25) is 4.90 Å². The number of hydrogen-bond donors (Lipinski definition) is 1. The summed E-state index contributed by atoms with van der Waals surface area (Å²) in [5.41, 5.74) is 10.5. The molecule has 0 spiro atoms. The van der Waals surface area contributed by atoms with Gasteiger partial charge in [-0.1, -0.05) is 36.4 Å². The normalized spacial score (nSPS) is 14.3. The van der Waals surface area contributed by atoms with Gasteiger partial charge >= 0.3 is 0 Å². The number of likely N-dealkylation sites (tertiary alicyclic amines) is 1. The Kier molecular flexibility index (Phi) is 6.67. The summed E-state index contributed by atoms with van der Waals surface area (Å²) in [5.74, 6) is 1.39. The Bertz CT molecular complexity index is 946. The third kappa shape index (κ3) is 5.20. The molecule has 0 unspecified atom stereocenters. The third-order valence-electron chi connectivity index (χ3n) is 5.48. The summed E-state index contributed by atoms with van der Waals surface area (Å²) in [7, 11) is 1.68. The van der Waals surface area contributed by atoms with Gasteiger partial charge in [0, 0.05) is 32.0 Å². The molecule has 2 heterocycles. The first-order valence-corrected chi connectivity index (χ1v) is 10.5. The second-order valence-electron chi connectivity index (χ2n) is 7.82. The molecule has 1 aliphatic rings. The highest BCUT2D eigenvalue weighted by atomic mass is 16.5.